The van der Waals surface area contributed by atoms with Crippen LogP contribution in [0.5, 0.6) is 0 Å². The third-order valence-corrected chi connectivity index (χ3v) is 5.17. The van der Waals surface area contributed by atoms with Crippen molar-refractivity contribution in [1.82, 2.24) is 10.2 Å². The fraction of sp³-hybridized carbons (Fsp3) is 0.263. The number of hydrogen-bond donors (Lipinski definition) is 2. The maximum Gasteiger partial charge on any atom is 0.491 e. The first-order valence-corrected chi connectivity index (χ1v) is 9.19. The first kappa shape index (κ1) is 21.3. The van der Waals surface area contributed by atoms with Crippen LogP contribution in [0.1, 0.15) is 16.7 Å². The quantitative estimate of drug-likeness (QED) is 0.531. The average Bonchev–Trinajstić information content (AvgIpc) is 2.83. The van der Waals surface area contributed by atoms with Gasteiger partial charge in [0.1, 0.15) is 0 Å². The predicted octanol–water partition coefficient (Wildman–Crippen LogP) is 2.74. The minimum Gasteiger partial charge on any atom is -0.404 e. The van der Waals surface area contributed by atoms with E-state index < -0.39 is 29.6 Å². The van der Waals surface area contributed by atoms with E-state index in [1.165, 1.54) is 0 Å². The van der Waals surface area contributed by atoms with Crippen LogP contribution in [0.25, 0.3) is 0 Å². The van der Waals surface area contributed by atoms with Crippen molar-refractivity contribution in [3.05, 3.63) is 69.7 Å². The third-order valence-electron chi connectivity index (χ3n) is 4.68. The molecule has 1 heterocycles. The SMILES string of the molecule is Cc1cccc(C2(c3cccc(Br)c3)NC(N)(OC(=O)C(F)(F)F)N(C)C2=O)c1. The van der Waals surface area contributed by atoms with Crippen LogP contribution in [-0.4, -0.2) is 36.0 Å². The van der Waals surface area contributed by atoms with Crippen molar-refractivity contribution >= 4 is 27.8 Å². The van der Waals surface area contributed by atoms with Crippen molar-refractivity contribution in [3.8, 4) is 0 Å². The van der Waals surface area contributed by atoms with Crippen molar-refractivity contribution in [3.63, 3.8) is 0 Å². The molecule has 1 saturated heterocycles. The Kier molecular flexibility index (Phi) is 5.22. The van der Waals surface area contributed by atoms with Crippen LogP contribution in [0, 0.1) is 6.92 Å². The Morgan fingerprint density at radius 2 is 1.76 bits per heavy atom. The lowest BCUT2D eigenvalue weighted by atomic mass is 9.82. The largest absolute Gasteiger partial charge is 0.491 e. The molecule has 3 rings (SSSR count). The Labute approximate surface area is 172 Å². The van der Waals surface area contributed by atoms with Gasteiger partial charge in [-0.25, -0.2) is 10.1 Å². The summed E-state index contributed by atoms with van der Waals surface area (Å²) in [6.07, 6.45) is -5.28. The molecular formula is C19H17BrF3N3O3. The van der Waals surface area contributed by atoms with Crippen LogP contribution in [0.3, 0.4) is 0 Å². The van der Waals surface area contributed by atoms with Gasteiger partial charge in [-0.1, -0.05) is 57.9 Å². The number of likely N-dealkylation sites (N-methyl/N-ethyl adjacent to an activating group) is 1. The first-order chi connectivity index (χ1) is 13.4. The summed E-state index contributed by atoms with van der Waals surface area (Å²) < 4.78 is 43.5. The number of alkyl halides is 3. The van der Waals surface area contributed by atoms with E-state index >= 15 is 0 Å². The molecule has 1 aliphatic heterocycles. The summed E-state index contributed by atoms with van der Waals surface area (Å²) in [5.41, 5.74) is 5.94. The molecule has 0 aliphatic carbocycles. The average molecular weight is 472 g/mol. The molecule has 6 nitrogen and oxygen atoms in total. The number of nitrogens with one attached hydrogen (secondary N) is 1. The van der Waals surface area contributed by atoms with Gasteiger partial charge in [-0.15, -0.1) is 0 Å². The molecule has 2 aromatic carbocycles. The minimum absolute atomic E-state index is 0.407. The Balaban J connectivity index is 2.19. The van der Waals surface area contributed by atoms with E-state index in [9.17, 15) is 22.8 Å². The number of nitrogens with two attached hydrogens (primary N) is 1. The van der Waals surface area contributed by atoms with Gasteiger partial charge in [-0.3, -0.25) is 15.4 Å². The summed E-state index contributed by atoms with van der Waals surface area (Å²) in [5, 5.41) is 2.66. The lowest BCUT2D eigenvalue weighted by Gasteiger charge is -2.32. The number of benzene rings is 2. The summed E-state index contributed by atoms with van der Waals surface area (Å²) in [5.74, 6) is -5.71. The number of rotatable bonds is 3. The molecule has 0 bridgehead atoms. The van der Waals surface area contributed by atoms with E-state index in [-0.39, 0.29) is 0 Å². The third kappa shape index (κ3) is 3.63. The molecule has 0 saturated carbocycles. The van der Waals surface area contributed by atoms with Gasteiger partial charge < -0.3 is 4.74 Å². The van der Waals surface area contributed by atoms with Crippen molar-refractivity contribution < 1.29 is 27.5 Å². The molecule has 3 N–H and O–H groups in total. The number of carbonyl (C=O) groups excluding carboxylic acids is 2. The van der Waals surface area contributed by atoms with Gasteiger partial charge in [0, 0.05) is 11.5 Å². The smallest absolute Gasteiger partial charge is 0.404 e. The topological polar surface area (TPSA) is 84.7 Å². The predicted molar refractivity (Wildman–Crippen MR) is 101 cm³/mol. The molecule has 1 aliphatic rings. The van der Waals surface area contributed by atoms with E-state index in [2.05, 4.69) is 26.0 Å². The Morgan fingerprint density at radius 1 is 1.17 bits per heavy atom. The molecule has 0 radical (unpaired) electrons. The molecular weight excluding hydrogens is 455 g/mol. The first-order valence-electron chi connectivity index (χ1n) is 8.40. The standard InChI is InChI=1S/C19H17BrF3N3O3/c1-11-5-3-6-12(9-11)17(13-7-4-8-14(20)10-13)15(27)26(2)19(24,25-17)29-16(28)18(21,22)23/h3-10,25H,24H2,1-2H3. The Bertz CT molecular complexity index is 937. The molecule has 2 atom stereocenters. The second-order valence-corrected chi connectivity index (χ2v) is 7.62. The van der Waals surface area contributed by atoms with Crippen LogP contribution in [0.15, 0.2) is 53.0 Å². The summed E-state index contributed by atoms with van der Waals surface area (Å²) in [6.45, 7) is 1.81. The number of hydrogen-bond acceptors (Lipinski definition) is 5. The zero-order valence-corrected chi connectivity index (χ0v) is 17.0. The maximum atomic E-state index is 13.4. The van der Waals surface area contributed by atoms with Gasteiger partial charge in [0.2, 0.25) is 0 Å². The highest BCUT2D eigenvalue weighted by atomic mass is 79.9. The van der Waals surface area contributed by atoms with E-state index in [0.29, 0.717) is 15.6 Å². The summed E-state index contributed by atoms with van der Waals surface area (Å²) in [7, 11) is 1.16. The van der Waals surface area contributed by atoms with Crippen molar-refractivity contribution in [2.24, 2.45) is 5.73 Å². The second-order valence-electron chi connectivity index (χ2n) is 6.70. The van der Waals surface area contributed by atoms with Gasteiger partial charge in [0.05, 0.1) is 0 Å². The fourth-order valence-corrected chi connectivity index (χ4v) is 3.66. The minimum atomic E-state index is -5.28. The highest BCUT2D eigenvalue weighted by Crippen LogP contribution is 2.40. The number of esters is 1. The molecule has 0 aromatic heterocycles. The van der Waals surface area contributed by atoms with Crippen LogP contribution in [0.4, 0.5) is 13.2 Å². The molecule has 29 heavy (non-hydrogen) atoms. The Morgan fingerprint density at radius 3 is 2.31 bits per heavy atom. The van der Waals surface area contributed by atoms with E-state index in [1.54, 1.807) is 55.5 Å². The zero-order valence-electron chi connectivity index (χ0n) is 15.4. The highest BCUT2D eigenvalue weighted by Gasteiger charge is 2.62. The normalized spacial score (nSPS) is 24.7. The van der Waals surface area contributed by atoms with Gasteiger partial charge in [0.15, 0.2) is 5.54 Å². The number of aryl methyl sites for hydroxylation is 1. The molecule has 1 amide bonds. The van der Waals surface area contributed by atoms with E-state index in [0.717, 1.165) is 17.5 Å². The van der Waals surface area contributed by atoms with Crippen molar-refractivity contribution in [2.45, 2.75) is 24.6 Å². The lowest BCUT2D eigenvalue weighted by Crippen LogP contribution is -2.64. The van der Waals surface area contributed by atoms with E-state index in [4.69, 9.17) is 5.73 Å². The number of ether oxygens (including phenoxy) is 1. The monoisotopic (exact) mass is 471 g/mol. The molecule has 154 valence electrons. The van der Waals surface area contributed by atoms with Crippen LogP contribution >= 0.6 is 15.9 Å². The van der Waals surface area contributed by atoms with Gasteiger partial charge in [0.25, 0.3) is 5.91 Å². The second kappa shape index (κ2) is 7.12. The molecule has 0 spiro atoms. The highest BCUT2D eigenvalue weighted by molar-refractivity contribution is 9.10. The van der Waals surface area contributed by atoms with Crippen molar-refractivity contribution in [1.29, 1.82) is 0 Å². The number of nitrogens with zero attached hydrogens (tertiary/aromatic N) is 1. The van der Waals surface area contributed by atoms with Gasteiger partial charge in [-0.2, -0.15) is 13.2 Å². The number of amides is 1. The summed E-state index contributed by atoms with van der Waals surface area (Å²) in [4.78, 5) is 25.6. The summed E-state index contributed by atoms with van der Waals surface area (Å²) >= 11 is 3.33. The van der Waals surface area contributed by atoms with Crippen LogP contribution < -0.4 is 11.1 Å². The maximum absolute atomic E-state index is 13.4. The lowest BCUT2D eigenvalue weighted by molar-refractivity contribution is -0.228. The number of carbonyl (C=O) groups is 2. The van der Waals surface area contributed by atoms with E-state index in [1.807, 2.05) is 0 Å². The Hall–Kier alpha value is -2.43. The van der Waals surface area contributed by atoms with Gasteiger partial charge >= 0.3 is 18.1 Å². The fourth-order valence-electron chi connectivity index (χ4n) is 3.26. The van der Waals surface area contributed by atoms with Gasteiger partial charge in [-0.05, 0) is 30.2 Å². The molecule has 10 heteroatoms. The summed E-state index contributed by atoms with van der Waals surface area (Å²) in [6, 6.07) is 13.5. The van der Waals surface area contributed by atoms with Crippen LogP contribution in [-0.2, 0) is 19.9 Å². The molecule has 2 unspecified atom stereocenters. The number of halogens is 4. The zero-order chi connectivity index (χ0) is 21.6. The molecule has 2 aromatic rings. The van der Waals surface area contributed by atoms with Crippen molar-refractivity contribution in [2.75, 3.05) is 7.05 Å². The van der Waals surface area contributed by atoms with Crippen LogP contribution in [0.2, 0.25) is 0 Å². The molecule has 1 fully saturated rings.